The molecule has 5 atom stereocenters. The van der Waals surface area contributed by atoms with Crippen LogP contribution in [0.3, 0.4) is 0 Å². The van der Waals surface area contributed by atoms with E-state index in [1.165, 1.54) is 6.08 Å². The lowest BCUT2D eigenvalue weighted by atomic mass is 9.66. The molecule has 0 amide bonds. The van der Waals surface area contributed by atoms with Gasteiger partial charge in [0.25, 0.3) is 0 Å². The molecule has 25 heavy (non-hydrogen) atoms. The summed E-state index contributed by atoms with van der Waals surface area (Å²) in [6.45, 7) is 8.11. The van der Waals surface area contributed by atoms with Crippen LogP contribution in [0.1, 0.15) is 59.8 Å². The highest BCUT2D eigenvalue weighted by molar-refractivity contribution is 5.89. The van der Waals surface area contributed by atoms with Crippen molar-refractivity contribution in [2.45, 2.75) is 71.5 Å². The molecule has 2 saturated carbocycles. The summed E-state index contributed by atoms with van der Waals surface area (Å²) in [5.41, 5.74) is -1.48. The van der Waals surface area contributed by atoms with Crippen LogP contribution in [0.25, 0.3) is 0 Å². The van der Waals surface area contributed by atoms with Crippen LogP contribution in [0.15, 0.2) is 11.6 Å². The number of Topliss-reactive ketones (excluding diaryl/α,β-unsaturated/α-hetero) is 1. The Morgan fingerprint density at radius 1 is 1.28 bits per heavy atom. The van der Waals surface area contributed by atoms with Crippen molar-refractivity contribution in [2.24, 2.45) is 22.7 Å². The second kappa shape index (κ2) is 5.92. The number of carbonyl (C=O) groups excluding carboxylic acids is 2. The zero-order valence-corrected chi connectivity index (χ0v) is 15.7. The third kappa shape index (κ3) is 2.67. The Labute approximate surface area is 149 Å². The number of rotatable bonds is 3. The lowest BCUT2D eigenvalue weighted by Gasteiger charge is -2.41. The third-order valence-corrected chi connectivity index (χ3v) is 7.60. The molecule has 140 valence electrons. The summed E-state index contributed by atoms with van der Waals surface area (Å²) in [6, 6.07) is 0. The van der Waals surface area contributed by atoms with Crippen LogP contribution >= 0.6 is 0 Å². The molecule has 0 saturated heterocycles. The normalized spacial score (nSPS) is 43.4. The van der Waals surface area contributed by atoms with E-state index in [4.69, 9.17) is 4.74 Å². The molecule has 2 aliphatic carbocycles. The number of fused-ring (bicyclic) bond motifs is 1. The molecule has 0 radical (unpaired) electrons. The van der Waals surface area contributed by atoms with Crippen molar-refractivity contribution < 1.29 is 24.5 Å². The monoisotopic (exact) mass is 350 g/mol. The number of ketones is 1. The van der Waals surface area contributed by atoms with Crippen molar-refractivity contribution in [2.75, 3.05) is 6.61 Å². The largest absolute Gasteiger partial charge is 0.458 e. The van der Waals surface area contributed by atoms with Gasteiger partial charge in [-0.3, -0.25) is 4.79 Å². The molecular formula is C20H30O5. The molecular weight excluding hydrogens is 320 g/mol. The maximum atomic E-state index is 13.5. The Kier molecular flexibility index (Phi) is 4.40. The Morgan fingerprint density at radius 2 is 1.96 bits per heavy atom. The summed E-state index contributed by atoms with van der Waals surface area (Å²) >= 11 is 0. The summed E-state index contributed by atoms with van der Waals surface area (Å²) in [7, 11) is 0. The van der Waals surface area contributed by atoms with Crippen LogP contribution in [-0.4, -0.2) is 40.3 Å². The SMILES string of the molecule is C[C@@H]1CC[C@]2(O)[C@H](C[C@H](O)C2(C)C)C(=O)[C@]1(C)CCC1=CC(=O)OC1. The molecule has 3 aliphatic rings. The van der Waals surface area contributed by atoms with E-state index in [2.05, 4.69) is 6.92 Å². The minimum Gasteiger partial charge on any atom is -0.458 e. The number of hydrogen-bond acceptors (Lipinski definition) is 5. The number of cyclic esters (lactones) is 1. The van der Waals surface area contributed by atoms with Crippen molar-refractivity contribution in [3.05, 3.63) is 11.6 Å². The van der Waals surface area contributed by atoms with Crippen LogP contribution < -0.4 is 0 Å². The van der Waals surface area contributed by atoms with E-state index < -0.39 is 28.5 Å². The molecule has 1 heterocycles. The number of hydrogen-bond donors (Lipinski definition) is 2. The highest BCUT2D eigenvalue weighted by Gasteiger charge is 2.64. The maximum absolute atomic E-state index is 13.5. The van der Waals surface area contributed by atoms with Crippen molar-refractivity contribution >= 4 is 11.8 Å². The number of aliphatic hydroxyl groups excluding tert-OH is 1. The molecule has 0 spiro atoms. The molecule has 5 nitrogen and oxygen atoms in total. The van der Waals surface area contributed by atoms with Crippen LogP contribution in [0.2, 0.25) is 0 Å². The van der Waals surface area contributed by atoms with Crippen LogP contribution in [-0.2, 0) is 14.3 Å². The molecule has 2 N–H and O–H groups in total. The van der Waals surface area contributed by atoms with Gasteiger partial charge < -0.3 is 14.9 Å². The maximum Gasteiger partial charge on any atom is 0.331 e. The lowest BCUT2D eigenvalue weighted by molar-refractivity contribution is -0.146. The van der Waals surface area contributed by atoms with E-state index in [9.17, 15) is 19.8 Å². The van der Waals surface area contributed by atoms with Gasteiger partial charge in [0, 0.05) is 16.9 Å². The molecule has 0 aromatic carbocycles. The average Bonchev–Trinajstić information content (AvgIpc) is 3.02. The Hall–Kier alpha value is -1.20. The second-order valence-corrected chi connectivity index (χ2v) is 9.08. The van der Waals surface area contributed by atoms with E-state index in [1.54, 1.807) is 0 Å². The van der Waals surface area contributed by atoms with Crippen LogP contribution in [0, 0.1) is 22.7 Å². The van der Waals surface area contributed by atoms with Gasteiger partial charge in [-0.15, -0.1) is 0 Å². The van der Waals surface area contributed by atoms with Crippen molar-refractivity contribution in [3.8, 4) is 0 Å². The first-order valence-electron chi connectivity index (χ1n) is 9.33. The van der Waals surface area contributed by atoms with E-state index in [1.807, 2.05) is 20.8 Å². The summed E-state index contributed by atoms with van der Waals surface area (Å²) in [6.07, 6.45) is 3.75. The predicted molar refractivity (Wildman–Crippen MR) is 92.6 cm³/mol. The molecule has 0 aromatic rings. The summed E-state index contributed by atoms with van der Waals surface area (Å²) in [4.78, 5) is 24.7. The van der Waals surface area contributed by atoms with Crippen LogP contribution in [0.5, 0.6) is 0 Å². The highest BCUT2D eigenvalue weighted by Crippen LogP contribution is 2.58. The number of carbonyl (C=O) groups is 2. The Balaban J connectivity index is 1.86. The fraction of sp³-hybridized carbons (Fsp3) is 0.800. The van der Waals surface area contributed by atoms with Gasteiger partial charge in [0.15, 0.2) is 0 Å². The molecule has 1 aliphatic heterocycles. The standard InChI is InChI=1S/C20H30O5/c1-12-5-8-20(24)14(10-15(21)18(20,2)3)17(23)19(12,4)7-6-13-9-16(22)25-11-13/h9,12,14-15,21,24H,5-8,10-11H2,1-4H3/t12-,14-,15+,19-,20+/m1/s1. The molecule has 0 aromatic heterocycles. The Morgan fingerprint density at radius 3 is 2.56 bits per heavy atom. The molecule has 2 fully saturated rings. The van der Waals surface area contributed by atoms with Gasteiger partial charge in [-0.1, -0.05) is 27.7 Å². The quantitative estimate of drug-likeness (QED) is 0.764. The van der Waals surface area contributed by atoms with Crippen molar-refractivity contribution in [3.63, 3.8) is 0 Å². The fourth-order valence-electron chi connectivity index (χ4n) is 5.01. The van der Waals surface area contributed by atoms with Gasteiger partial charge in [-0.2, -0.15) is 0 Å². The third-order valence-electron chi connectivity index (χ3n) is 7.60. The van der Waals surface area contributed by atoms with Gasteiger partial charge in [-0.25, -0.2) is 4.79 Å². The molecule has 0 unspecified atom stereocenters. The minimum atomic E-state index is -1.15. The first-order chi connectivity index (χ1) is 11.5. The van der Waals surface area contributed by atoms with Crippen molar-refractivity contribution in [1.82, 2.24) is 0 Å². The average molecular weight is 350 g/mol. The lowest BCUT2D eigenvalue weighted by Crippen LogP contribution is -2.50. The van der Waals surface area contributed by atoms with Gasteiger partial charge >= 0.3 is 5.97 Å². The van der Waals surface area contributed by atoms with E-state index in [0.717, 1.165) is 12.0 Å². The van der Waals surface area contributed by atoms with Gasteiger partial charge in [-0.05, 0) is 43.6 Å². The molecule has 5 heteroatoms. The predicted octanol–water partition coefficient (Wildman–Crippen LogP) is 2.39. The number of ether oxygens (including phenoxy) is 1. The van der Waals surface area contributed by atoms with Crippen molar-refractivity contribution in [1.29, 1.82) is 0 Å². The minimum absolute atomic E-state index is 0.0652. The zero-order chi connectivity index (χ0) is 18.6. The smallest absolute Gasteiger partial charge is 0.331 e. The Bertz CT molecular complexity index is 622. The topological polar surface area (TPSA) is 83.8 Å². The first-order valence-corrected chi connectivity index (χ1v) is 9.33. The highest BCUT2D eigenvalue weighted by atomic mass is 16.5. The first kappa shape index (κ1) is 18.6. The zero-order valence-electron chi connectivity index (χ0n) is 15.7. The fourth-order valence-corrected chi connectivity index (χ4v) is 5.01. The molecule has 3 rings (SSSR count). The number of aliphatic hydroxyl groups is 2. The van der Waals surface area contributed by atoms with Gasteiger partial charge in [0.1, 0.15) is 12.4 Å². The van der Waals surface area contributed by atoms with Gasteiger partial charge in [0.2, 0.25) is 0 Å². The molecule has 0 bridgehead atoms. The second-order valence-electron chi connectivity index (χ2n) is 9.08. The summed E-state index contributed by atoms with van der Waals surface area (Å²) in [5.74, 6) is -0.630. The van der Waals surface area contributed by atoms with E-state index in [0.29, 0.717) is 32.3 Å². The van der Waals surface area contributed by atoms with Gasteiger partial charge in [0.05, 0.1) is 17.6 Å². The summed E-state index contributed by atoms with van der Waals surface area (Å²) < 4.78 is 4.95. The summed E-state index contributed by atoms with van der Waals surface area (Å²) in [5, 5.41) is 21.8. The van der Waals surface area contributed by atoms with Crippen LogP contribution in [0.4, 0.5) is 0 Å². The number of esters is 1. The van der Waals surface area contributed by atoms with E-state index in [-0.39, 0.29) is 17.7 Å². The van der Waals surface area contributed by atoms with E-state index >= 15 is 0 Å².